The highest BCUT2D eigenvalue weighted by atomic mass is 79.9. The van der Waals surface area contributed by atoms with Gasteiger partial charge in [0.1, 0.15) is 6.26 Å². The number of morpholine rings is 1. The van der Waals surface area contributed by atoms with Crippen molar-refractivity contribution in [3.63, 3.8) is 0 Å². The summed E-state index contributed by atoms with van der Waals surface area (Å²) < 4.78 is 11.1. The molecule has 0 radical (unpaired) electrons. The molecule has 0 aliphatic carbocycles. The molecule has 2 atom stereocenters. The molecule has 0 bridgehead atoms. The second-order valence-electron chi connectivity index (χ2n) is 5.18. The number of amides is 1. The summed E-state index contributed by atoms with van der Waals surface area (Å²) in [5.41, 5.74) is -0.147. The van der Waals surface area contributed by atoms with Crippen LogP contribution in [0.5, 0.6) is 0 Å². The first-order valence-corrected chi connectivity index (χ1v) is 7.21. The molecule has 2 rings (SSSR count). The van der Waals surface area contributed by atoms with Crippen LogP contribution in [0.4, 0.5) is 0 Å². The highest BCUT2D eigenvalue weighted by Crippen LogP contribution is 2.22. The average Bonchev–Trinajstić information content (AvgIpc) is 2.87. The summed E-state index contributed by atoms with van der Waals surface area (Å²) in [6, 6.07) is 1.79. The molecule has 2 N–H and O–H groups in total. The van der Waals surface area contributed by atoms with Gasteiger partial charge in [-0.15, -0.1) is 0 Å². The lowest BCUT2D eigenvalue weighted by molar-refractivity contribution is -0.105. The molecule has 0 spiro atoms. The van der Waals surface area contributed by atoms with Crippen LogP contribution in [0.2, 0.25) is 0 Å². The largest absolute Gasteiger partial charge is 0.457 e. The van der Waals surface area contributed by atoms with Gasteiger partial charge < -0.3 is 19.6 Å². The monoisotopic (exact) mass is 346 g/mol. The van der Waals surface area contributed by atoms with Crippen LogP contribution in [0, 0.1) is 0 Å². The lowest BCUT2D eigenvalue weighted by Crippen LogP contribution is -2.65. The van der Waals surface area contributed by atoms with Gasteiger partial charge in [-0.3, -0.25) is 9.69 Å². The Kier molecular flexibility index (Phi) is 4.85. The molecule has 0 unspecified atom stereocenters. The fourth-order valence-electron chi connectivity index (χ4n) is 2.27. The third kappa shape index (κ3) is 3.06. The average molecular weight is 347 g/mol. The molecular weight excluding hydrogens is 328 g/mol. The number of carbonyl (C=O) groups excluding carboxylic acids is 1. The van der Waals surface area contributed by atoms with E-state index in [1.807, 2.05) is 14.0 Å². The van der Waals surface area contributed by atoms with Gasteiger partial charge >= 0.3 is 0 Å². The van der Waals surface area contributed by atoms with Crippen molar-refractivity contribution in [2.75, 3.05) is 33.4 Å². The summed E-state index contributed by atoms with van der Waals surface area (Å²) in [6.45, 7) is 3.27. The quantitative estimate of drug-likeness (QED) is 0.845. The van der Waals surface area contributed by atoms with Crippen LogP contribution in [-0.4, -0.2) is 60.9 Å². The zero-order valence-corrected chi connectivity index (χ0v) is 13.1. The molecule has 1 fully saturated rings. The molecule has 112 valence electrons. The van der Waals surface area contributed by atoms with Crippen LogP contribution in [0.15, 0.2) is 21.4 Å². The van der Waals surface area contributed by atoms with Crippen molar-refractivity contribution in [1.82, 2.24) is 10.2 Å². The number of ether oxygens (including phenoxy) is 1. The Labute approximate surface area is 126 Å². The zero-order chi connectivity index (χ0) is 14.8. The Hall–Kier alpha value is -0.890. The van der Waals surface area contributed by atoms with Crippen molar-refractivity contribution >= 4 is 21.8 Å². The number of furan rings is 1. The van der Waals surface area contributed by atoms with E-state index in [9.17, 15) is 9.90 Å². The first kappa shape index (κ1) is 15.5. The van der Waals surface area contributed by atoms with E-state index >= 15 is 0 Å². The van der Waals surface area contributed by atoms with Crippen LogP contribution in [-0.2, 0) is 4.74 Å². The van der Waals surface area contributed by atoms with Gasteiger partial charge in [0.05, 0.1) is 30.9 Å². The van der Waals surface area contributed by atoms with E-state index in [-0.39, 0.29) is 18.6 Å². The molecule has 1 saturated heterocycles. The minimum Gasteiger partial charge on any atom is -0.457 e. The highest BCUT2D eigenvalue weighted by molar-refractivity contribution is 9.10. The molecule has 1 aromatic rings. The Morgan fingerprint density at radius 1 is 1.70 bits per heavy atom. The number of halogens is 1. The summed E-state index contributed by atoms with van der Waals surface area (Å²) in [5, 5.41) is 12.5. The zero-order valence-electron chi connectivity index (χ0n) is 11.6. The lowest BCUT2D eigenvalue weighted by Gasteiger charge is -2.47. The molecule has 2 heterocycles. The number of rotatable bonds is 4. The summed E-state index contributed by atoms with van der Waals surface area (Å²) >= 11 is 3.15. The Morgan fingerprint density at radius 2 is 2.45 bits per heavy atom. The predicted molar refractivity (Wildman–Crippen MR) is 76.6 cm³/mol. The minimum absolute atomic E-state index is 0.0802. The van der Waals surface area contributed by atoms with Gasteiger partial charge in [0.25, 0.3) is 5.91 Å². The van der Waals surface area contributed by atoms with E-state index in [0.29, 0.717) is 30.0 Å². The van der Waals surface area contributed by atoms with E-state index in [1.165, 1.54) is 6.26 Å². The smallest absolute Gasteiger partial charge is 0.254 e. The normalized spacial score (nSPS) is 27.5. The molecule has 0 aromatic carbocycles. The van der Waals surface area contributed by atoms with E-state index in [2.05, 4.69) is 26.1 Å². The maximum Gasteiger partial charge on any atom is 0.254 e. The standard InChI is InChI=1S/C13H19BrN2O4/c1-9-4-19-8-13(7-17,16(9)2)6-15-12(18)10-3-11(14)20-5-10/h3,5,9,17H,4,6-8H2,1-2H3,(H,15,18)/t9-,13+/m1/s1. The van der Waals surface area contributed by atoms with Crippen molar-refractivity contribution in [2.45, 2.75) is 18.5 Å². The summed E-state index contributed by atoms with van der Waals surface area (Å²) in [7, 11) is 1.93. The molecule has 1 aliphatic heterocycles. The number of nitrogens with one attached hydrogen (secondary N) is 1. The van der Waals surface area contributed by atoms with Crippen molar-refractivity contribution in [3.05, 3.63) is 22.6 Å². The third-order valence-corrected chi connectivity index (χ3v) is 4.26. The Morgan fingerprint density at radius 3 is 3.05 bits per heavy atom. The second-order valence-corrected chi connectivity index (χ2v) is 5.96. The molecule has 1 aliphatic rings. The van der Waals surface area contributed by atoms with Gasteiger partial charge in [0.2, 0.25) is 0 Å². The minimum atomic E-state index is -0.589. The molecule has 6 nitrogen and oxygen atoms in total. The topological polar surface area (TPSA) is 74.9 Å². The fraction of sp³-hybridized carbons (Fsp3) is 0.615. The fourth-order valence-corrected chi connectivity index (χ4v) is 2.61. The van der Waals surface area contributed by atoms with Crippen LogP contribution in [0.25, 0.3) is 0 Å². The summed E-state index contributed by atoms with van der Waals surface area (Å²) in [6.07, 6.45) is 1.38. The maximum atomic E-state index is 12.0. The van der Waals surface area contributed by atoms with Crippen molar-refractivity contribution < 1.29 is 19.1 Å². The first-order valence-electron chi connectivity index (χ1n) is 6.42. The molecule has 1 amide bonds. The number of nitrogens with zero attached hydrogens (tertiary/aromatic N) is 1. The molecule has 1 aromatic heterocycles. The molecule has 20 heavy (non-hydrogen) atoms. The predicted octanol–water partition coefficient (Wildman–Crippen LogP) is 0.854. The van der Waals surface area contributed by atoms with Crippen molar-refractivity contribution in [1.29, 1.82) is 0 Å². The Bertz CT molecular complexity index is 479. The van der Waals surface area contributed by atoms with Gasteiger partial charge in [0, 0.05) is 18.7 Å². The van der Waals surface area contributed by atoms with Crippen LogP contribution < -0.4 is 5.32 Å². The highest BCUT2D eigenvalue weighted by Gasteiger charge is 2.40. The number of likely N-dealkylation sites (N-methyl/N-ethyl adjacent to an activating group) is 1. The summed E-state index contributed by atoms with van der Waals surface area (Å²) in [5.74, 6) is -0.237. The number of aliphatic hydroxyl groups excluding tert-OH is 1. The van der Waals surface area contributed by atoms with E-state index in [0.717, 1.165) is 0 Å². The summed E-state index contributed by atoms with van der Waals surface area (Å²) in [4.78, 5) is 14.1. The number of carbonyl (C=O) groups is 1. The van der Waals surface area contributed by atoms with Gasteiger partial charge in [-0.05, 0) is 29.9 Å². The van der Waals surface area contributed by atoms with Crippen LogP contribution in [0.3, 0.4) is 0 Å². The van der Waals surface area contributed by atoms with E-state index in [4.69, 9.17) is 9.15 Å². The number of aliphatic hydroxyl groups is 1. The molecule has 7 heteroatoms. The van der Waals surface area contributed by atoms with Crippen molar-refractivity contribution in [3.8, 4) is 0 Å². The lowest BCUT2D eigenvalue weighted by atomic mass is 9.96. The van der Waals surface area contributed by atoms with Gasteiger partial charge in [-0.1, -0.05) is 0 Å². The van der Waals surface area contributed by atoms with Crippen LogP contribution in [0.1, 0.15) is 17.3 Å². The SMILES string of the molecule is C[C@@H]1COC[C@@](CO)(CNC(=O)c2coc(Br)c2)N1C. The van der Waals surface area contributed by atoms with E-state index < -0.39 is 5.54 Å². The Balaban J connectivity index is 2.01. The van der Waals surface area contributed by atoms with Crippen LogP contribution >= 0.6 is 15.9 Å². The van der Waals surface area contributed by atoms with E-state index in [1.54, 1.807) is 6.07 Å². The van der Waals surface area contributed by atoms with Gasteiger partial charge in [-0.2, -0.15) is 0 Å². The number of hydrogen-bond donors (Lipinski definition) is 2. The maximum absolute atomic E-state index is 12.0. The third-order valence-electron chi connectivity index (χ3n) is 3.84. The molecule has 0 saturated carbocycles. The van der Waals surface area contributed by atoms with Crippen molar-refractivity contribution in [2.24, 2.45) is 0 Å². The van der Waals surface area contributed by atoms with Gasteiger partial charge in [-0.25, -0.2) is 0 Å². The second kappa shape index (κ2) is 6.26. The van der Waals surface area contributed by atoms with Gasteiger partial charge in [0.15, 0.2) is 4.67 Å². The molecular formula is C13H19BrN2O4. The number of hydrogen-bond acceptors (Lipinski definition) is 5. The first-order chi connectivity index (χ1) is 9.48.